The largest absolute Gasteiger partial charge is 0.497 e. The molecule has 0 saturated carbocycles. The van der Waals surface area contributed by atoms with Crippen LogP contribution >= 0.6 is 0 Å². The summed E-state index contributed by atoms with van der Waals surface area (Å²) in [4.78, 5) is 26.5. The van der Waals surface area contributed by atoms with Crippen LogP contribution in [0.5, 0.6) is 5.75 Å². The molecule has 0 heterocycles. The number of methoxy groups -OCH3 is 1. The zero-order valence-electron chi connectivity index (χ0n) is 16.2. The lowest BCUT2D eigenvalue weighted by Gasteiger charge is -2.25. The van der Waals surface area contributed by atoms with E-state index < -0.39 is 0 Å². The Morgan fingerprint density at radius 3 is 2.35 bits per heavy atom. The Morgan fingerprint density at radius 2 is 1.73 bits per heavy atom. The second-order valence-corrected chi connectivity index (χ2v) is 6.77. The zero-order valence-corrected chi connectivity index (χ0v) is 16.2. The fourth-order valence-electron chi connectivity index (χ4n) is 2.94. The van der Waals surface area contributed by atoms with Crippen LogP contribution in [0.3, 0.4) is 0 Å². The standard InChI is InChI=1S/C21H28N2O3/c1-6-23(13-20(24)22-14(2)3)21(25)15(4)16-7-8-18-12-19(26-5)10-9-17(18)11-16/h7-12,14-15H,6,13H2,1-5H3,(H,22,24)/t15-/m0/s1. The van der Waals surface area contributed by atoms with E-state index in [2.05, 4.69) is 5.32 Å². The van der Waals surface area contributed by atoms with E-state index in [1.807, 2.05) is 64.1 Å². The van der Waals surface area contributed by atoms with Crippen LogP contribution in [0.4, 0.5) is 0 Å². The first kappa shape index (κ1) is 19.8. The summed E-state index contributed by atoms with van der Waals surface area (Å²) < 4.78 is 5.25. The Hall–Kier alpha value is -2.56. The number of hydrogen-bond acceptors (Lipinski definition) is 3. The second-order valence-electron chi connectivity index (χ2n) is 6.77. The maximum atomic E-state index is 12.9. The van der Waals surface area contributed by atoms with E-state index in [-0.39, 0.29) is 30.3 Å². The summed E-state index contributed by atoms with van der Waals surface area (Å²) in [5.74, 6) is 0.322. The number of carbonyl (C=O) groups is 2. The van der Waals surface area contributed by atoms with Gasteiger partial charge in [-0.25, -0.2) is 0 Å². The van der Waals surface area contributed by atoms with Crippen molar-refractivity contribution in [1.82, 2.24) is 10.2 Å². The van der Waals surface area contributed by atoms with E-state index in [4.69, 9.17) is 4.74 Å². The Morgan fingerprint density at radius 1 is 1.08 bits per heavy atom. The minimum Gasteiger partial charge on any atom is -0.497 e. The number of amides is 2. The first-order chi connectivity index (χ1) is 12.3. The summed E-state index contributed by atoms with van der Waals surface area (Å²) in [7, 11) is 1.64. The number of rotatable bonds is 7. The Labute approximate surface area is 155 Å². The number of likely N-dealkylation sites (N-methyl/N-ethyl adjacent to an activating group) is 1. The summed E-state index contributed by atoms with van der Waals surface area (Å²) in [6.07, 6.45) is 0. The maximum Gasteiger partial charge on any atom is 0.239 e. The average molecular weight is 356 g/mol. The lowest BCUT2D eigenvalue weighted by molar-refractivity contribution is -0.137. The average Bonchev–Trinajstić information content (AvgIpc) is 2.63. The van der Waals surface area contributed by atoms with Crippen LogP contribution in [0.15, 0.2) is 36.4 Å². The summed E-state index contributed by atoms with van der Waals surface area (Å²) in [6, 6.07) is 11.9. The third kappa shape index (κ3) is 4.75. The van der Waals surface area contributed by atoms with Gasteiger partial charge in [-0.2, -0.15) is 0 Å². The molecule has 140 valence electrons. The number of hydrogen-bond donors (Lipinski definition) is 1. The molecule has 0 unspecified atom stereocenters. The van der Waals surface area contributed by atoms with Gasteiger partial charge in [0.1, 0.15) is 5.75 Å². The lowest BCUT2D eigenvalue weighted by Crippen LogP contribution is -2.43. The zero-order chi connectivity index (χ0) is 19.3. The first-order valence-corrected chi connectivity index (χ1v) is 9.01. The van der Waals surface area contributed by atoms with Crippen LogP contribution in [0, 0.1) is 0 Å². The molecule has 0 aliphatic heterocycles. The number of benzene rings is 2. The van der Waals surface area contributed by atoms with Crippen LogP contribution < -0.4 is 10.1 Å². The number of carbonyl (C=O) groups excluding carboxylic acids is 2. The van der Waals surface area contributed by atoms with Gasteiger partial charge in [0.2, 0.25) is 11.8 Å². The Balaban J connectivity index is 2.17. The summed E-state index contributed by atoms with van der Waals surface area (Å²) >= 11 is 0. The highest BCUT2D eigenvalue weighted by Crippen LogP contribution is 2.26. The van der Waals surface area contributed by atoms with Crippen molar-refractivity contribution in [1.29, 1.82) is 0 Å². The minimum atomic E-state index is -0.312. The molecule has 0 aromatic heterocycles. The molecule has 0 fully saturated rings. The monoisotopic (exact) mass is 356 g/mol. The molecule has 2 amide bonds. The molecule has 1 atom stereocenters. The normalized spacial score (nSPS) is 12.1. The van der Waals surface area contributed by atoms with Crippen LogP contribution in [0.2, 0.25) is 0 Å². The minimum absolute atomic E-state index is 0.0423. The quantitative estimate of drug-likeness (QED) is 0.828. The van der Waals surface area contributed by atoms with Crippen molar-refractivity contribution in [3.05, 3.63) is 42.0 Å². The van der Waals surface area contributed by atoms with Gasteiger partial charge in [-0.3, -0.25) is 9.59 Å². The second kappa shape index (κ2) is 8.70. The van der Waals surface area contributed by atoms with Gasteiger partial charge < -0.3 is 15.0 Å². The lowest BCUT2D eigenvalue weighted by atomic mass is 9.96. The van der Waals surface area contributed by atoms with Gasteiger partial charge in [0.05, 0.1) is 19.6 Å². The number of fused-ring (bicyclic) bond motifs is 1. The van der Waals surface area contributed by atoms with E-state index in [1.54, 1.807) is 12.0 Å². The molecule has 5 heteroatoms. The van der Waals surface area contributed by atoms with Crippen LogP contribution in [-0.2, 0) is 9.59 Å². The summed E-state index contributed by atoms with van der Waals surface area (Å²) in [5.41, 5.74) is 0.940. The van der Waals surface area contributed by atoms with Gasteiger partial charge in [-0.1, -0.05) is 24.3 Å². The molecular formula is C21H28N2O3. The molecule has 2 aromatic rings. The summed E-state index contributed by atoms with van der Waals surface area (Å²) in [5, 5.41) is 4.96. The summed E-state index contributed by atoms with van der Waals surface area (Å²) in [6.45, 7) is 8.17. The van der Waals surface area contributed by atoms with Crippen LogP contribution in [0.1, 0.15) is 39.2 Å². The van der Waals surface area contributed by atoms with Crippen molar-refractivity contribution < 1.29 is 14.3 Å². The van der Waals surface area contributed by atoms with E-state index in [0.717, 1.165) is 22.1 Å². The number of nitrogens with zero attached hydrogens (tertiary/aromatic N) is 1. The van der Waals surface area contributed by atoms with E-state index >= 15 is 0 Å². The fourth-order valence-corrected chi connectivity index (χ4v) is 2.94. The van der Waals surface area contributed by atoms with Gasteiger partial charge in [0.15, 0.2) is 0 Å². The van der Waals surface area contributed by atoms with Gasteiger partial charge in [-0.15, -0.1) is 0 Å². The van der Waals surface area contributed by atoms with Crippen molar-refractivity contribution in [2.45, 2.75) is 39.7 Å². The molecule has 0 saturated heterocycles. The maximum absolute atomic E-state index is 12.9. The molecular weight excluding hydrogens is 328 g/mol. The van der Waals surface area contributed by atoms with Crippen LogP contribution in [-0.4, -0.2) is 43.0 Å². The van der Waals surface area contributed by atoms with E-state index in [1.165, 1.54) is 0 Å². The highest BCUT2D eigenvalue weighted by molar-refractivity contribution is 5.90. The van der Waals surface area contributed by atoms with Gasteiger partial charge in [0.25, 0.3) is 0 Å². The van der Waals surface area contributed by atoms with Crippen molar-refractivity contribution >= 4 is 22.6 Å². The highest BCUT2D eigenvalue weighted by atomic mass is 16.5. The SMILES string of the molecule is CCN(CC(=O)NC(C)C)C(=O)[C@@H](C)c1ccc2cc(OC)ccc2c1. The van der Waals surface area contributed by atoms with Crippen molar-refractivity contribution in [2.75, 3.05) is 20.2 Å². The molecule has 0 aliphatic rings. The molecule has 26 heavy (non-hydrogen) atoms. The van der Waals surface area contributed by atoms with Gasteiger partial charge in [-0.05, 0) is 56.2 Å². The molecule has 0 radical (unpaired) electrons. The molecule has 2 aromatic carbocycles. The molecule has 2 rings (SSSR count). The van der Waals surface area contributed by atoms with Crippen LogP contribution in [0.25, 0.3) is 10.8 Å². The third-order valence-electron chi connectivity index (χ3n) is 4.42. The fraction of sp³-hybridized carbons (Fsp3) is 0.429. The third-order valence-corrected chi connectivity index (χ3v) is 4.42. The van der Waals surface area contributed by atoms with Gasteiger partial charge in [0, 0.05) is 12.6 Å². The number of nitrogens with one attached hydrogen (secondary N) is 1. The molecule has 1 N–H and O–H groups in total. The van der Waals surface area contributed by atoms with E-state index in [0.29, 0.717) is 6.54 Å². The van der Waals surface area contributed by atoms with Crippen molar-refractivity contribution in [3.63, 3.8) is 0 Å². The predicted molar refractivity (Wildman–Crippen MR) is 104 cm³/mol. The smallest absolute Gasteiger partial charge is 0.239 e. The number of ether oxygens (including phenoxy) is 1. The Bertz CT molecular complexity index is 786. The van der Waals surface area contributed by atoms with Crippen molar-refractivity contribution in [2.24, 2.45) is 0 Å². The molecule has 0 aliphatic carbocycles. The molecule has 0 bridgehead atoms. The van der Waals surface area contributed by atoms with Gasteiger partial charge >= 0.3 is 0 Å². The predicted octanol–water partition coefficient (Wildman–Crippen LogP) is 3.33. The topological polar surface area (TPSA) is 58.6 Å². The first-order valence-electron chi connectivity index (χ1n) is 9.01. The molecule has 5 nitrogen and oxygen atoms in total. The van der Waals surface area contributed by atoms with Crippen molar-refractivity contribution in [3.8, 4) is 5.75 Å². The molecule has 0 spiro atoms. The van der Waals surface area contributed by atoms with E-state index in [9.17, 15) is 9.59 Å². The highest BCUT2D eigenvalue weighted by Gasteiger charge is 2.23. The Kier molecular flexibility index (Phi) is 6.61.